The van der Waals surface area contributed by atoms with E-state index >= 15 is 0 Å². The average molecular weight is 220 g/mol. The van der Waals surface area contributed by atoms with Crippen LogP contribution >= 0.6 is 0 Å². The molecule has 0 amide bonds. The van der Waals surface area contributed by atoms with Crippen molar-refractivity contribution >= 4 is 0 Å². The predicted octanol–water partition coefficient (Wildman–Crippen LogP) is 0.581. The first-order chi connectivity index (χ1) is 7.60. The molecular weight excluding hydrogens is 208 g/mol. The molecule has 0 atom stereocenters. The molecule has 0 fully saturated rings. The molecule has 16 heavy (non-hydrogen) atoms. The Morgan fingerprint density at radius 1 is 1.31 bits per heavy atom. The highest BCUT2D eigenvalue weighted by Gasteiger charge is 2.08. The van der Waals surface area contributed by atoms with E-state index in [1.165, 1.54) is 17.9 Å². The van der Waals surface area contributed by atoms with Crippen LogP contribution in [-0.4, -0.2) is 26.9 Å². The van der Waals surface area contributed by atoms with Crippen molar-refractivity contribution in [3.63, 3.8) is 0 Å². The monoisotopic (exact) mass is 220 g/mol. The third-order valence-corrected chi connectivity index (χ3v) is 2.08. The first kappa shape index (κ1) is 10.4. The molecule has 0 aliphatic rings. The van der Waals surface area contributed by atoms with E-state index in [0.717, 1.165) is 11.4 Å². The first-order valence-electron chi connectivity index (χ1n) is 4.79. The average Bonchev–Trinajstić information content (AvgIpc) is 2.57. The number of hydrogen-bond donors (Lipinski definition) is 1. The fraction of sp³-hybridized carbons (Fsp3) is 0.300. The highest BCUT2D eigenvalue weighted by Crippen LogP contribution is 2.09. The van der Waals surface area contributed by atoms with Gasteiger partial charge in [0.1, 0.15) is 0 Å². The summed E-state index contributed by atoms with van der Waals surface area (Å²) in [5, 5.41) is 2.86. The summed E-state index contributed by atoms with van der Waals surface area (Å²) in [5.74, 6) is 0.719. The highest BCUT2D eigenvalue weighted by atomic mass is 16.5. The largest absolute Gasteiger partial charge is 0.481 e. The second-order valence-electron chi connectivity index (χ2n) is 3.46. The maximum Gasteiger partial charge on any atom is 0.274 e. The van der Waals surface area contributed by atoms with Crippen LogP contribution in [0.3, 0.4) is 0 Å². The van der Waals surface area contributed by atoms with Crippen molar-refractivity contribution in [1.82, 2.24) is 19.7 Å². The second kappa shape index (κ2) is 3.80. The van der Waals surface area contributed by atoms with E-state index in [1.807, 2.05) is 6.92 Å². The molecule has 0 spiro atoms. The van der Waals surface area contributed by atoms with Crippen molar-refractivity contribution in [2.24, 2.45) is 0 Å². The van der Waals surface area contributed by atoms with Gasteiger partial charge in [0.25, 0.3) is 11.5 Å². The van der Waals surface area contributed by atoms with Gasteiger partial charge in [-0.2, -0.15) is 9.67 Å². The quantitative estimate of drug-likeness (QED) is 0.803. The first-order valence-corrected chi connectivity index (χ1v) is 4.79. The predicted molar refractivity (Wildman–Crippen MR) is 58.0 cm³/mol. The standard InChI is InChI=1S/C10H12N4O2/c1-6-4-8(16-3)12-10(11-6)14-9(15)5-7(2)13-14/h4-5,13H,1-3H3. The lowest BCUT2D eigenvalue weighted by molar-refractivity contribution is 0.395. The van der Waals surface area contributed by atoms with Crippen molar-refractivity contribution in [1.29, 1.82) is 0 Å². The molecule has 0 aliphatic heterocycles. The van der Waals surface area contributed by atoms with E-state index in [4.69, 9.17) is 4.74 Å². The number of aryl methyl sites for hydroxylation is 2. The number of H-pyrrole nitrogens is 1. The number of rotatable bonds is 2. The van der Waals surface area contributed by atoms with Crippen molar-refractivity contribution in [3.8, 4) is 11.8 Å². The van der Waals surface area contributed by atoms with E-state index in [1.54, 1.807) is 13.0 Å². The van der Waals surface area contributed by atoms with Crippen LogP contribution in [-0.2, 0) is 0 Å². The van der Waals surface area contributed by atoms with Gasteiger partial charge in [0, 0.05) is 23.5 Å². The maximum absolute atomic E-state index is 11.6. The number of ether oxygens (including phenoxy) is 1. The summed E-state index contributed by atoms with van der Waals surface area (Å²) in [5.41, 5.74) is 1.31. The van der Waals surface area contributed by atoms with Gasteiger partial charge in [-0.25, -0.2) is 4.98 Å². The summed E-state index contributed by atoms with van der Waals surface area (Å²) in [6.07, 6.45) is 0. The molecule has 2 rings (SSSR count). The van der Waals surface area contributed by atoms with Crippen molar-refractivity contribution in [2.45, 2.75) is 13.8 Å². The van der Waals surface area contributed by atoms with Gasteiger partial charge in [-0.3, -0.25) is 9.89 Å². The van der Waals surface area contributed by atoms with Gasteiger partial charge >= 0.3 is 0 Å². The lowest BCUT2D eigenvalue weighted by Gasteiger charge is -2.04. The van der Waals surface area contributed by atoms with Crippen LogP contribution in [0, 0.1) is 13.8 Å². The molecule has 6 nitrogen and oxygen atoms in total. The Morgan fingerprint density at radius 3 is 2.62 bits per heavy atom. The summed E-state index contributed by atoms with van der Waals surface area (Å²) in [4.78, 5) is 19.8. The zero-order chi connectivity index (χ0) is 11.7. The van der Waals surface area contributed by atoms with Gasteiger partial charge in [-0.05, 0) is 13.8 Å². The molecule has 0 saturated carbocycles. The summed E-state index contributed by atoms with van der Waals surface area (Å²) < 4.78 is 6.31. The van der Waals surface area contributed by atoms with E-state index < -0.39 is 0 Å². The van der Waals surface area contributed by atoms with E-state index in [-0.39, 0.29) is 11.5 Å². The molecule has 2 heterocycles. The van der Waals surface area contributed by atoms with Gasteiger partial charge in [0.05, 0.1) is 7.11 Å². The van der Waals surface area contributed by atoms with Crippen LogP contribution in [0.1, 0.15) is 11.4 Å². The topological polar surface area (TPSA) is 72.8 Å². The Kier molecular flexibility index (Phi) is 2.47. The molecule has 1 N–H and O–H groups in total. The fourth-order valence-electron chi connectivity index (χ4n) is 1.39. The number of hydrogen-bond acceptors (Lipinski definition) is 4. The Morgan fingerprint density at radius 2 is 2.06 bits per heavy atom. The van der Waals surface area contributed by atoms with Crippen LogP contribution < -0.4 is 10.3 Å². The molecule has 0 radical (unpaired) electrons. The number of methoxy groups -OCH3 is 1. The third kappa shape index (κ3) is 1.81. The highest BCUT2D eigenvalue weighted by molar-refractivity contribution is 5.22. The SMILES string of the molecule is COc1cc(C)nc(-n2[nH]c(C)cc2=O)n1. The van der Waals surface area contributed by atoms with Crippen LogP contribution in [0.4, 0.5) is 0 Å². The Bertz CT molecular complexity index is 570. The lowest BCUT2D eigenvalue weighted by Crippen LogP contribution is -2.17. The van der Waals surface area contributed by atoms with Gasteiger partial charge in [-0.15, -0.1) is 0 Å². The van der Waals surface area contributed by atoms with E-state index in [0.29, 0.717) is 5.88 Å². The Balaban J connectivity index is 2.59. The van der Waals surface area contributed by atoms with Crippen LogP contribution in [0.5, 0.6) is 5.88 Å². The summed E-state index contributed by atoms with van der Waals surface area (Å²) in [7, 11) is 1.52. The Labute approximate surface area is 91.9 Å². The minimum atomic E-state index is -0.190. The number of aromatic nitrogens is 4. The molecular formula is C10H12N4O2. The molecule has 0 aliphatic carbocycles. The molecule has 0 saturated heterocycles. The van der Waals surface area contributed by atoms with Gasteiger partial charge < -0.3 is 4.74 Å². The van der Waals surface area contributed by atoms with Gasteiger partial charge in [0.2, 0.25) is 5.88 Å². The normalized spacial score (nSPS) is 10.4. The zero-order valence-corrected chi connectivity index (χ0v) is 9.31. The number of nitrogens with one attached hydrogen (secondary N) is 1. The maximum atomic E-state index is 11.6. The van der Waals surface area contributed by atoms with Crippen molar-refractivity contribution < 1.29 is 4.74 Å². The summed E-state index contributed by atoms with van der Waals surface area (Å²) >= 11 is 0. The van der Waals surface area contributed by atoms with Crippen LogP contribution in [0.15, 0.2) is 16.9 Å². The molecule has 0 bridgehead atoms. The Hall–Kier alpha value is -2.11. The fourth-order valence-corrected chi connectivity index (χ4v) is 1.39. The van der Waals surface area contributed by atoms with Crippen LogP contribution in [0.2, 0.25) is 0 Å². The minimum Gasteiger partial charge on any atom is -0.481 e. The lowest BCUT2D eigenvalue weighted by atomic mass is 10.4. The number of nitrogens with zero attached hydrogens (tertiary/aromatic N) is 3. The molecule has 6 heteroatoms. The van der Waals surface area contributed by atoms with Crippen LogP contribution in [0.25, 0.3) is 5.95 Å². The third-order valence-electron chi connectivity index (χ3n) is 2.08. The summed E-state index contributed by atoms with van der Waals surface area (Å²) in [6.45, 7) is 3.61. The molecule has 84 valence electrons. The van der Waals surface area contributed by atoms with Gasteiger partial charge in [-0.1, -0.05) is 0 Å². The molecule has 0 aromatic carbocycles. The molecule has 2 aromatic heterocycles. The number of aromatic amines is 1. The van der Waals surface area contributed by atoms with Crippen molar-refractivity contribution in [3.05, 3.63) is 33.9 Å². The van der Waals surface area contributed by atoms with E-state index in [9.17, 15) is 4.79 Å². The second-order valence-corrected chi connectivity index (χ2v) is 3.46. The van der Waals surface area contributed by atoms with Crippen molar-refractivity contribution in [2.75, 3.05) is 7.11 Å². The zero-order valence-electron chi connectivity index (χ0n) is 9.31. The minimum absolute atomic E-state index is 0.190. The molecule has 2 aromatic rings. The smallest absolute Gasteiger partial charge is 0.274 e. The molecule has 0 unspecified atom stereocenters. The van der Waals surface area contributed by atoms with E-state index in [2.05, 4.69) is 15.1 Å². The summed E-state index contributed by atoms with van der Waals surface area (Å²) in [6, 6.07) is 3.18. The van der Waals surface area contributed by atoms with Gasteiger partial charge in [0.15, 0.2) is 0 Å².